The molecule has 190 valence electrons. The van der Waals surface area contributed by atoms with Crippen molar-refractivity contribution in [1.82, 2.24) is 14.7 Å². The van der Waals surface area contributed by atoms with Crippen LogP contribution >= 0.6 is 0 Å². The van der Waals surface area contributed by atoms with Crippen molar-refractivity contribution < 1.29 is 27.1 Å². The predicted octanol–water partition coefficient (Wildman–Crippen LogP) is 4.61. The van der Waals surface area contributed by atoms with Gasteiger partial charge in [-0.1, -0.05) is 26.8 Å². The zero-order chi connectivity index (χ0) is 25.9. The summed E-state index contributed by atoms with van der Waals surface area (Å²) in [6.45, 7) is 6.43. The van der Waals surface area contributed by atoms with Gasteiger partial charge in [0.15, 0.2) is 5.03 Å². The van der Waals surface area contributed by atoms with Gasteiger partial charge < -0.3 is 9.47 Å². The Labute approximate surface area is 209 Å². The molecule has 0 aliphatic heterocycles. The molecule has 2 aromatic heterocycles. The number of sulfonamides is 1. The lowest BCUT2D eigenvalue weighted by Gasteiger charge is -2.34. The highest BCUT2D eigenvalue weighted by Crippen LogP contribution is 2.34. The number of hydrogen-bond acceptors (Lipinski definition) is 7. The molecular formula is C26H28FN3O5S. The van der Waals surface area contributed by atoms with Gasteiger partial charge in [0.05, 0.1) is 12.3 Å². The minimum atomic E-state index is -4.20. The van der Waals surface area contributed by atoms with E-state index in [4.69, 9.17) is 9.47 Å². The monoisotopic (exact) mass is 513 g/mol. The van der Waals surface area contributed by atoms with E-state index in [9.17, 15) is 17.6 Å². The number of aromatic nitrogens is 2. The van der Waals surface area contributed by atoms with Gasteiger partial charge in [-0.2, -0.15) is 8.42 Å². The fourth-order valence-corrected chi connectivity index (χ4v) is 4.53. The average molecular weight is 514 g/mol. The molecule has 8 nitrogen and oxygen atoms in total. The van der Waals surface area contributed by atoms with Gasteiger partial charge in [-0.15, -0.1) is 0 Å². The summed E-state index contributed by atoms with van der Waals surface area (Å²) in [5.74, 6) is -0.535. The number of benzene rings is 1. The molecular weight excluding hydrogens is 485 g/mol. The first-order chi connectivity index (χ1) is 17.1. The van der Waals surface area contributed by atoms with Crippen LogP contribution in [-0.4, -0.2) is 37.0 Å². The molecule has 3 aromatic rings. The van der Waals surface area contributed by atoms with E-state index in [2.05, 4.69) is 9.97 Å². The molecule has 1 fully saturated rings. The number of nitrogens with one attached hydrogen (secondary N) is 1. The van der Waals surface area contributed by atoms with Crippen LogP contribution in [0.3, 0.4) is 0 Å². The lowest BCUT2D eigenvalue weighted by molar-refractivity contribution is 0.0522. The average Bonchev–Trinajstić information content (AvgIpc) is 2.85. The van der Waals surface area contributed by atoms with Crippen LogP contribution in [-0.2, 0) is 10.0 Å². The largest absolute Gasteiger partial charge is 0.493 e. The number of carbonyl (C=O) groups excluding carboxylic acids is 1. The van der Waals surface area contributed by atoms with Crippen LogP contribution in [0, 0.1) is 17.7 Å². The van der Waals surface area contributed by atoms with Gasteiger partial charge in [-0.05, 0) is 61.1 Å². The first-order valence-corrected chi connectivity index (χ1v) is 13.2. The second-order valence-corrected chi connectivity index (χ2v) is 10.9. The molecule has 10 heteroatoms. The molecule has 2 heterocycles. The minimum Gasteiger partial charge on any atom is -0.493 e. The van der Waals surface area contributed by atoms with Gasteiger partial charge in [0, 0.05) is 17.8 Å². The molecule has 1 aliphatic carbocycles. The van der Waals surface area contributed by atoms with E-state index in [1.54, 1.807) is 12.1 Å². The fraction of sp³-hybridized carbons (Fsp3) is 0.346. The van der Waals surface area contributed by atoms with Crippen molar-refractivity contribution in [3.63, 3.8) is 0 Å². The Bertz CT molecular complexity index is 1350. The maximum absolute atomic E-state index is 14.3. The normalized spacial score (nSPS) is 17.4. The quantitative estimate of drug-likeness (QED) is 0.445. The molecule has 0 radical (unpaired) electrons. The maximum Gasteiger partial charge on any atom is 0.281 e. The SMILES string of the molecule is CC(C)COc1cc(F)cc(-c2ccc(C(=O)NS(=O)(=O)c3ccccn3)c(OC3CCC3C)n2)c1. The number of hydrogen-bond donors (Lipinski definition) is 1. The molecule has 0 spiro atoms. The Morgan fingerprint density at radius 1 is 1.17 bits per heavy atom. The number of carbonyl (C=O) groups is 1. The van der Waals surface area contributed by atoms with Crippen molar-refractivity contribution in [3.05, 3.63) is 66.1 Å². The van der Waals surface area contributed by atoms with Crippen molar-refractivity contribution in [2.24, 2.45) is 11.8 Å². The Balaban J connectivity index is 1.67. The molecule has 1 saturated carbocycles. The number of ether oxygens (including phenoxy) is 2. The second-order valence-electron chi connectivity index (χ2n) is 9.24. The molecule has 1 N–H and O–H groups in total. The van der Waals surface area contributed by atoms with E-state index in [1.807, 2.05) is 25.5 Å². The molecule has 2 atom stereocenters. The van der Waals surface area contributed by atoms with Crippen LogP contribution in [0.15, 0.2) is 59.8 Å². The summed E-state index contributed by atoms with van der Waals surface area (Å²) in [5.41, 5.74) is 0.744. The zero-order valence-corrected chi connectivity index (χ0v) is 21.1. The molecule has 2 unspecified atom stereocenters. The second kappa shape index (κ2) is 10.6. The Hall–Kier alpha value is -3.53. The highest BCUT2D eigenvalue weighted by molar-refractivity contribution is 7.90. The van der Waals surface area contributed by atoms with Crippen molar-refractivity contribution >= 4 is 15.9 Å². The van der Waals surface area contributed by atoms with Crippen molar-refractivity contribution in [3.8, 4) is 22.9 Å². The molecule has 4 rings (SSSR count). The highest BCUT2D eigenvalue weighted by Gasteiger charge is 2.31. The van der Waals surface area contributed by atoms with Gasteiger partial charge in [-0.3, -0.25) is 4.79 Å². The highest BCUT2D eigenvalue weighted by atomic mass is 32.2. The van der Waals surface area contributed by atoms with Crippen LogP contribution in [0.4, 0.5) is 4.39 Å². The minimum absolute atomic E-state index is 0.0216. The molecule has 1 amide bonds. The molecule has 0 bridgehead atoms. The lowest BCUT2D eigenvalue weighted by Crippen LogP contribution is -2.36. The van der Waals surface area contributed by atoms with E-state index >= 15 is 0 Å². The van der Waals surface area contributed by atoms with Gasteiger partial charge in [-0.25, -0.2) is 19.1 Å². The Morgan fingerprint density at radius 3 is 2.61 bits per heavy atom. The number of pyridine rings is 2. The number of rotatable bonds is 9. The van der Waals surface area contributed by atoms with E-state index in [1.165, 1.54) is 42.6 Å². The third kappa shape index (κ3) is 5.99. The Kier molecular flexibility index (Phi) is 7.53. The van der Waals surface area contributed by atoms with E-state index in [-0.39, 0.29) is 34.4 Å². The topological polar surface area (TPSA) is 107 Å². The summed E-state index contributed by atoms with van der Waals surface area (Å²) in [4.78, 5) is 21.3. The van der Waals surface area contributed by atoms with Crippen molar-refractivity contribution in [2.45, 2.75) is 44.7 Å². The third-order valence-electron chi connectivity index (χ3n) is 5.80. The lowest BCUT2D eigenvalue weighted by atomic mass is 9.83. The van der Waals surface area contributed by atoms with Gasteiger partial charge in [0.1, 0.15) is 23.2 Å². The van der Waals surface area contributed by atoms with E-state index in [0.717, 1.165) is 12.8 Å². The number of amides is 1. The molecule has 0 saturated heterocycles. The number of halogens is 1. The van der Waals surface area contributed by atoms with Crippen molar-refractivity contribution in [2.75, 3.05) is 6.61 Å². The smallest absolute Gasteiger partial charge is 0.281 e. The summed E-state index contributed by atoms with van der Waals surface area (Å²) in [7, 11) is -4.20. The standard InChI is InChI=1S/C26H28FN3O5S/c1-16(2)15-34-20-13-18(12-19(27)14-20)22-9-8-21(26(29-22)35-23-10-7-17(23)3)25(31)30-36(32,33)24-6-4-5-11-28-24/h4-6,8-9,11-14,16-17,23H,7,10,15H2,1-3H3,(H,30,31). The molecule has 1 aliphatic rings. The van der Waals surface area contributed by atoms with Crippen LogP contribution < -0.4 is 14.2 Å². The van der Waals surface area contributed by atoms with Gasteiger partial charge >= 0.3 is 0 Å². The zero-order valence-electron chi connectivity index (χ0n) is 20.3. The van der Waals surface area contributed by atoms with Crippen LogP contribution in [0.2, 0.25) is 0 Å². The summed E-state index contributed by atoms with van der Waals surface area (Å²) in [5, 5.41) is -0.285. The Morgan fingerprint density at radius 2 is 1.97 bits per heavy atom. The van der Waals surface area contributed by atoms with Crippen LogP contribution in [0.5, 0.6) is 11.6 Å². The summed E-state index contributed by atoms with van der Waals surface area (Å²) in [6, 6.07) is 11.6. The van der Waals surface area contributed by atoms with Gasteiger partial charge in [0.2, 0.25) is 5.88 Å². The van der Waals surface area contributed by atoms with E-state index < -0.39 is 21.7 Å². The summed E-state index contributed by atoms with van der Waals surface area (Å²) in [6.07, 6.45) is 2.91. The first kappa shape index (κ1) is 25.6. The third-order valence-corrected chi connectivity index (χ3v) is 7.05. The summed E-state index contributed by atoms with van der Waals surface area (Å²) < 4.78 is 53.3. The van der Waals surface area contributed by atoms with E-state index in [0.29, 0.717) is 23.6 Å². The van der Waals surface area contributed by atoms with Crippen LogP contribution in [0.25, 0.3) is 11.3 Å². The number of nitrogens with zero attached hydrogens (tertiary/aromatic N) is 2. The van der Waals surface area contributed by atoms with Gasteiger partial charge in [0.25, 0.3) is 15.9 Å². The predicted molar refractivity (Wildman–Crippen MR) is 132 cm³/mol. The summed E-state index contributed by atoms with van der Waals surface area (Å²) >= 11 is 0. The first-order valence-electron chi connectivity index (χ1n) is 11.7. The van der Waals surface area contributed by atoms with Crippen molar-refractivity contribution in [1.29, 1.82) is 0 Å². The maximum atomic E-state index is 14.3. The molecule has 1 aromatic carbocycles. The molecule has 36 heavy (non-hydrogen) atoms. The van der Waals surface area contributed by atoms with Crippen LogP contribution in [0.1, 0.15) is 44.0 Å². The fourth-order valence-electron chi connectivity index (χ4n) is 3.61.